The van der Waals surface area contributed by atoms with E-state index >= 15 is 0 Å². The average molecular weight is 365 g/mol. The van der Waals surface area contributed by atoms with Gasteiger partial charge in [0.15, 0.2) is 0 Å². The molecule has 3 rings (SSSR count). The summed E-state index contributed by atoms with van der Waals surface area (Å²) in [7, 11) is 0. The Kier molecular flexibility index (Phi) is 7.17. The second-order valence-electron chi connectivity index (χ2n) is 6.81. The minimum Gasteiger partial charge on any atom is -0.465 e. The fraction of sp³-hybridized carbons (Fsp3) is 0.391. The van der Waals surface area contributed by atoms with Gasteiger partial charge in [0.05, 0.1) is 32.3 Å². The summed E-state index contributed by atoms with van der Waals surface area (Å²) in [5.74, 6) is -0.222. The number of aliphatic imine (C=N–C) groups is 1. The molecular weight excluding hydrogens is 338 g/mol. The number of hydrogen-bond acceptors (Lipinski definition) is 4. The molecule has 0 heterocycles. The van der Waals surface area contributed by atoms with Crippen LogP contribution in [0.15, 0.2) is 65.7 Å². The maximum absolute atomic E-state index is 12.4. The number of nitrogens with zero attached hydrogens (tertiary/aromatic N) is 1. The highest BCUT2D eigenvalue weighted by molar-refractivity contribution is 6.05. The van der Waals surface area contributed by atoms with Crippen molar-refractivity contribution >= 4 is 11.7 Å². The molecule has 0 saturated heterocycles. The SMILES string of the molecule is CCOC(=O)C1CCC(COCc2ccccc2)C1=NCc1ccccc1. The molecule has 1 aliphatic rings. The summed E-state index contributed by atoms with van der Waals surface area (Å²) in [6.45, 7) is 3.98. The van der Waals surface area contributed by atoms with Crippen LogP contribution >= 0.6 is 0 Å². The largest absolute Gasteiger partial charge is 0.465 e. The second-order valence-corrected chi connectivity index (χ2v) is 6.81. The molecule has 2 unspecified atom stereocenters. The molecule has 0 radical (unpaired) electrons. The monoisotopic (exact) mass is 365 g/mol. The molecule has 4 nitrogen and oxygen atoms in total. The highest BCUT2D eigenvalue weighted by Gasteiger charge is 2.37. The first-order valence-corrected chi connectivity index (χ1v) is 9.64. The molecule has 2 atom stereocenters. The normalized spacial score (nSPS) is 20.7. The van der Waals surface area contributed by atoms with Crippen molar-refractivity contribution in [3.63, 3.8) is 0 Å². The van der Waals surface area contributed by atoms with Gasteiger partial charge in [-0.2, -0.15) is 0 Å². The number of hydrogen-bond donors (Lipinski definition) is 0. The van der Waals surface area contributed by atoms with Crippen molar-refractivity contribution in [3.05, 3.63) is 71.8 Å². The van der Waals surface area contributed by atoms with Gasteiger partial charge in [-0.15, -0.1) is 0 Å². The lowest BCUT2D eigenvalue weighted by Gasteiger charge is -2.16. The number of rotatable bonds is 8. The molecule has 4 heteroatoms. The van der Waals surface area contributed by atoms with Crippen LogP contribution in [0.1, 0.15) is 30.9 Å². The van der Waals surface area contributed by atoms with E-state index in [1.807, 2.05) is 43.3 Å². The molecule has 1 aliphatic carbocycles. The van der Waals surface area contributed by atoms with E-state index in [0.29, 0.717) is 26.4 Å². The van der Waals surface area contributed by atoms with E-state index in [4.69, 9.17) is 14.5 Å². The zero-order valence-electron chi connectivity index (χ0n) is 15.8. The van der Waals surface area contributed by atoms with Crippen LogP contribution in [-0.4, -0.2) is 24.9 Å². The molecule has 2 aromatic rings. The van der Waals surface area contributed by atoms with Crippen molar-refractivity contribution in [2.24, 2.45) is 16.8 Å². The molecule has 27 heavy (non-hydrogen) atoms. The Morgan fingerprint density at radius 1 is 1.00 bits per heavy atom. The van der Waals surface area contributed by atoms with Crippen molar-refractivity contribution in [2.75, 3.05) is 13.2 Å². The lowest BCUT2D eigenvalue weighted by atomic mass is 10.0. The summed E-state index contributed by atoms with van der Waals surface area (Å²) < 4.78 is 11.2. The quantitative estimate of drug-likeness (QED) is 0.650. The van der Waals surface area contributed by atoms with E-state index in [2.05, 4.69) is 24.3 Å². The number of esters is 1. The third kappa shape index (κ3) is 5.51. The van der Waals surface area contributed by atoms with Crippen molar-refractivity contribution < 1.29 is 14.3 Å². The zero-order valence-corrected chi connectivity index (χ0v) is 15.8. The van der Waals surface area contributed by atoms with Gasteiger partial charge in [0.25, 0.3) is 0 Å². The summed E-state index contributed by atoms with van der Waals surface area (Å²) in [6.07, 6.45) is 1.69. The van der Waals surface area contributed by atoms with Crippen molar-refractivity contribution in [1.82, 2.24) is 0 Å². The Hall–Kier alpha value is -2.46. The standard InChI is InChI=1S/C23H27NO3/c1-2-27-23(25)21-14-13-20(17-26-16-19-11-7-4-8-12-19)22(21)24-15-18-9-5-3-6-10-18/h3-12,20-21H,2,13-17H2,1H3. The summed E-state index contributed by atoms with van der Waals surface area (Å²) in [6, 6.07) is 20.3. The zero-order chi connectivity index (χ0) is 18.9. The molecule has 0 aliphatic heterocycles. The third-order valence-electron chi connectivity index (χ3n) is 4.87. The van der Waals surface area contributed by atoms with Crippen molar-refractivity contribution in [1.29, 1.82) is 0 Å². The predicted molar refractivity (Wildman–Crippen MR) is 107 cm³/mol. The molecule has 2 aromatic carbocycles. The van der Waals surface area contributed by atoms with Crippen LogP contribution in [0.5, 0.6) is 0 Å². The maximum Gasteiger partial charge on any atom is 0.314 e. The van der Waals surface area contributed by atoms with Gasteiger partial charge in [0, 0.05) is 11.6 Å². The Bertz CT molecular complexity index is 743. The molecule has 142 valence electrons. The van der Waals surface area contributed by atoms with E-state index < -0.39 is 0 Å². The van der Waals surface area contributed by atoms with Gasteiger partial charge >= 0.3 is 5.97 Å². The minimum absolute atomic E-state index is 0.158. The van der Waals surface area contributed by atoms with E-state index in [-0.39, 0.29) is 17.8 Å². The second kappa shape index (κ2) is 10.0. The van der Waals surface area contributed by atoms with Crippen molar-refractivity contribution in [3.8, 4) is 0 Å². The topological polar surface area (TPSA) is 47.9 Å². The predicted octanol–water partition coefficient (Wildman–Crippen LogP) is 4.43. The van der Waals surface area contributed by atoms with Gasteiger partial charge in [0.2, 0.25) is 0 Å². The summed E-state index contributed by atoms with van der Waals surface area (Å²) in [5, 5.41) is 0. The van der Waals surface area contributed by atoms with E-state index in [1.165, 1.54) is 0 Å². The summed E-state index contributed by atoms with van der Waals surface area (Å²) in [5.41, 5.74) is 3.23. The highest BCUT2D eigenvalue weighted by atomic mass is 16.5. The Labute approximate surface area is 161 Å². The van der Waals surface area contributed by atoms with Crippen LogP contribution in [0.25, 0.3) is 0 Å². The smallest absolute Gasteiger partial charge is 0.314 e. The molecule has 0 aromatic heterocycles. The van der Waals surface area contributed by atoms with Crippen LogP contribution in [0.4, 0.5) is 0 Å². The molecule has 0 spiro atoms. The number of ether oxygens (including phenoxy) is 2. The van der Waals surface area contributed by atoms with Crippen LogP contribution in [0, 0.1) is 11.8 Å². The molecule has 1 saturated carbocycles. The Morgan fingerprint density at radius 3 is 2.33 bits per heavy atom. The maximum atomic E-state index is 12.4. The number of carbonyl (C=O) groups excluding carboxylic acids is 1. The molecule has 0 N–H and O–H groups in total. The Balaban J connectivity index is 1.66. The van der Waals surface area contributed by atoms with E-state index in [1.54, 1.807) is 0 Å². The molecule has 0 amide bonds. The van der Waals surface area contributed by atoms with Crippen LogP contribution in [0.3, 0.4) is 0 Å². The lowest BCUT2D eigenvalue weighted by molar-refractivity contribution is -0.145. The van der Waals surface area contributed by atoms with Gasteiger partial charge in [-0.3, -0.25) is 9.79 Å². The molecule has 0 bridgehead atoms. The van der Waals surface area contributed by atoms with Crippen LogP contribution in [-0.2, 0) is 27.4 Å². The average Bonchev–Trinajstić information content (AvgIpc) is 3.11. The first-order chi connectivity index (χ1) is 13.3. The van der Waals surface area contributed by atoms with Crippen molar-refractivity contribution in [2.45, 2.75) is 32.9 Å². The number of carbonyl (C=O) groups is 1. The van der Waals surface area contributed by atoms with E-state index in [9.17, 15) is 4.79 Å². The number of benzene rings is 2. The van der Waals surface area contributed by atoms with Crippen LogP contribution in [0.2, 0.25) is 0 Å². The first kappa shape index (κ1) is 19.3. The lowest BCUT2D eigenvalue weighted by Crippen LogP contribution is -2.26. The van der Waals surface area contributed by atoms with Gasteiger partial charge in [0.1, 0.15) is 0 Å². The van der Waals surface area contributed by atoms with Gasteiger partial charge < -0.3 is 9.47 Å². The first-order valence-electron chi connectivity index (χ1n) is 9.64. The highest BCUT2D eigenvalue weighted by Crippen LogP contribution is 2.30. The fourth-order valence-electron chi connectivity index (χ4n) is 3.50. The van der Waals surface area contributed by atoms with Crippen LogP contribution < -0.4 is 0 Å². The molecular formula is C23H27NO3. The Morgan fingerprint density at radius 2 is 1.67 bits per heavy atom. The minimum atomic E-state index is -0.237. The third-order valence-corrected chi connectivity index (χ3v) is 4.87. The summed E-state index contributed by atoms with van der Waals surface area (Å²) in [4.78, 5) is 17.2. The van der Waals surface area contributed by atoms with Gasteiger partial charge in [-0.05, 0) is 30.9 Å². The fourth-order valence-corrected chi connectivity index (χ4v) is 3.50. The van der Waals surface area contributed by atoms with Gasteiger partial charge in [-0.1, -0.05) is 60.7 Å². The van der Waals surface area contributed by atoms with Gasteiger partial charge in [-0.25, -0.2) is 0 Å². The summed E-state index contributed by atoms with van der Waals surface area (Å²) >= 11 is 0. The molecule has 1 fully saturated rings. The van der Waals surface area contributed by atoms with E-state index in [0.717, 1.165) is 29.7 Å².